The highest BCUT2D eigenvalue weighted by molar-refractivity contribution is 5.79. The topological polar surface area (TPSA) is 37.3 Å². The number of aliphatic carboxylic acids is 1. The second-order valence-corrected chi connectivity index (χ2v) is 5.19. The zero-order valence-corrected chi connectivity index (χ0v) is 11.5. The van der Waals surface area contributed by atoms with E-state index >= 15 is 0 Å². The Hall–Kier alpha value is -0.790. The Morgan fingerprint density at radius 3 is 2.06 bits per heavy atom. The molecule has 0 aliphatic heterocycles. The van der Waals surface area contributed by atoms with E-state index in [9.17, 15) is 4.79 Å². The molecule has 0 rings (SSSR count). The van der Waals surface area contributed by atoms with E-state index < -0.39 is 5.97 Å². The average Bonchev–Trinajstić information content (AvgIpc) is 2.25. The van der Waals surface area contributed by atoms with E-state index in [0.717, 1.165) is 18.8 Å². The Kier molecular flexibility index (Phi) is 11.1. The van der Waals surface area contributed by atoms with Crippen LogP contribution >= 0.6 is 0 Å². The highest BCUT2D eigenvalue weighted by atomic mass is 16.4. The van der Waals surface area contributed by atoms with Crippen LogP contribution in [0.5, 0.6) is 0 Å². The molecule has 2 nitrogen and oxygen atoms in total. The first-order valence-electron chi connectivity index (χ1n) is 7.02. The van der Waals surface area contributed by atoms with Crippen molar-refractivity contribution in [3.63, 3.8) is 0 Å². The lowest BCUT2D eigenvalue weighted by Gasteiger charge is -2.04. The minimum atomic E-state index is -0.838. The molecular formula is C15H28O2. The maximum Gasteiger partial charge on any atom is 0.327 e. The zero-order chi connectivity index (χ0) is 12.9. The van der Waals surface area contributed by atoms with E-state index in [1.165, 1.54) is 51.0 Å². The Morgan fingerprint density at radius 1 is 1.00 bits per heavy atom. The van der Waals surface area contributed by atoms with Crippen molar-refractivity contribution in [3.05, 3.63) is 12.2 Å². The van der Waals surface area contributed by atoms with Gasteiger partial charge in [-0.15, -0.1) is 0 Å². The number of rotatable bonds is 11. The van der Waals surface area contributed by atoms with Gasteiger partial charge in [-0.05, 0) is 18.8 Å². The Labute approximate surface area is 106 Å². The maximum absolute atomic E-state index is 10.2. The zero-order valence-electron chi connectivity index (χ0n) is 11.5. The predicted octanol–water partition coefficient (Wildman–Crippen LogP) is 4.79. The number of unbranched alkanes of at least 4 members (excludes halogenated alkanes) is 7. The summed E-state index contributed by atoms with van der Waals surface area (Å²) < 4.78 is 0. The molecule has 0 aliphatic rings. The monoisotopic (exact) mass is 240 g/mol. The van der Waals surface area contributed by atoms with Gasteiger partial charge in [0.1, 0.15) is 0 Å². The minimum Gasteiger partial charge on any atom is -0.478 e. The van der Waals surface area contributed by atoms with Crippen molar-refractivity contribution >= 4 is 5.97 Å². The maximum atomic E-state index is 10.2. The molecule has 0 radical (unpaired) electrons. The van der Waals surface area contributed by atoms with Gasteiger partial charge in [0.15, 0.2) is 0 Å². The molecule has 0 aromatic heterocycles. The first-order valence-corrected chi connectivity index (χ1v) is 7.02. The fourth-order valence-corrected chi connectivity index (χ4v) is 1.88. The molecule has 2 heteroatoms. The van der Waals surface area contributed by atoms with E-state index in [-0.39, 0.29) is 0 Å². The minimum absolute atomic E-state index is 0.838. The van der Waals surface area contributed by atoms with Crippen molar-refractivity contribution in [1.82, 2.24) is 0 Å². The molecule has 0 spiro atoms. The van der Waals surface area contributed by atoms with Crippen LogP contribution in [-0.2, 0) is 4.79 Å². The molecule has 0 aromatic carbocycles. The molecule has 100 valence electrons. The van der Waals surface area contributed by atoms with Gasteiger partial charge in [-0.25, -0.2) is 4.79 Å². The third-order valence-corrected chi connectivity index (χ3v) is 2.91. The molecule has 0 aliphatic carbocycles. The third kappa shape index (κ3) is 15.2. The summed E-state index contributed by atoms with van der Waals surface area (Å²) in [5.74, 6) is 0.00572. The van der Waals surface area contributed by atoms with Gasteiger partial charge in [0, 0.05) is 6.08 Å². The largest absolute Gasteiger partial charge is 0.478 e. The van der Waals surface area contributed by atoms with Crippen molar-refractivity contribution in [3.8, 4) is 0 Å². The highest BCUT2D eigenvalue weighted by Gasteiger charge is 1.94. The van der Waals surface area contributed by atoms with Gasteiger partial charge in [0.05, 0.1) is 0 Å². The standard InChI is InChI=1S/C15H28O2/c1-14(2)12-10-8-6-4-3-5-7-9-11-13-15(16)17/h11,13-14H,3-10,12H2,1-2H3,(H,16,17)/b13-11-. The van der Waals surface area contributed by atoms with Crippen LogP contribution in [0.15, 0.2) is 12.2 Å². The molecular weight excluding hydrogens is 212 g/mol. The van der Waals surface area contributed by atoms with Gasteiger partial charge in [0.25, 0.3) is 0 Å². The number of allylic oxidation sites excluding steroid dienone is 1. The number of hydrogen-bond donors (Lipinski definition) is 1. The Balaban J connectivity index is 3.06. The van der Waals surface area contributed by atoms with Gasteiger partial charge in [-0.2, -0.15) is 0 Å². The number of carbonyl (C=O) groups is 1. The Bertz CT molecular complexity index is 207. The average molecular weight is 240 g/mol. The Morgan fingerprint density at radius 2 is 1.53 bits per heavy atom. The second kappa shape index (κ2) is 11.7. The van der Waals surface area contributed by atoms with Crippen molar-refractivity contribution < 1.29 is 9.90 Å². The van der Waals surface area contributed by atoms with Crippen LogP contribution in [0.4, 0.5) is 0 Å². The second-order valence-electron chi connectivity index (χ2n) is 5.19. The summed E-state index contributed by atoms with van der Waals surface area (Å²) in [6, 6.07) is 0. The van der Waals surface area contributed by atoms with Crippen LogP contribution in [0.25, 0.3) is 0 Å². The number of hydrogen-bond acceptors (Lipinski definition) is 1. The van der Waals surface area contributed by atoms with Gasteiger partial charge in [0.2, 0.25) is 0 Å². The number of carboxylic acids is 1. The van der Waals surface area contributed by atoms with Gasteiger partial charge >= 0.3 is 5.97 Å². The summed E-state index contributed by atoms with van der Waals surface area (Å²) in [5.41, 5.74) is 0. The third-order valence-electron chi connectivity index (χ3n) is 2.91. The van der Waals surface area contributed by atoms with Crippen LogP contribution in [0.2, 0.25) is 0 Å². The molecule has 0 fully saturated rings. The molecule has 0 saturated carbocycles. The molecule has 0 amide bonds. The van der Waals surface area contributed by atoms with Crippen LogP contribution in [-0.4, -0.2) is 11.1 Å². The summed E-state index contributed by atoms with van der Waals surface area (Å²) >= 11 is 0. The SMILES string of the molecule is CC(C)CCCCCCCCC/C=C\C(=O)O. The van der Waals surface area contributed by atoms with Gasteiger partial charge in [-0.1, -0.05) is 64.9 Å². The van der Waals surface area contributed by atoms with E-state index in [1.807, 2.05) is 0 Å². The van der Waals surface area contributed by atoms with E-state index in [0.29, 0.717) is 0 Å². The molecule has 0 saturated heterocycles. The van der Waals surface area contributed by atoms with E-state index in [2.05, 4.69) is 13.8 Å². The highest BCUT2D eigenvalue weighted by Crippen LogP contribution is 2.12. The van der Waals surface area contributed by atoms with Crippen molar-refractivity contribution in [2.75, 3.05) is 0 Å². The van der Waals surface area contributed by atoms with Gasteiger partial charge in [-0.3, -0.25) is 0 Å². The molecule has 17 heavy (non-hydrogen) atoms. The molecule has 1 N–H and O–H groups in total. The first kappa shape index (κ1) is 16.2. The molecule has 0 aromatic rings. The van der Waals surface area contributed by atoms with Crippen LogP contribution in [0.1, 0.15) is 71.6 Å². The fourth-order valence-electron chi connectivity index (χ4n) is 1.88. The van der Waals surface area contributed by atoms with Crippen molar-refractivity contribution in [1.29, 1.82) is 0 Å². The molecule has 0 unspecified atom stereocenters. The van der Waals surface area contributed by atoms with Gasteiger partial charge < -0.3 is 5.11 Å². The smallest absolute Gasteiger partial charge is 0.327 e. The predicted molar refractivity (Wildman–Crippen MR) is 73.2 cm³/mol. The first-order chi connectivity index (χ1) is 8.13. The van der Waals surface area contributed by atoms with E-state index in [4.69, 9.17) is 5.11 Å². The molecule has 0 bridgehead atoms. The van der Waals surface area contributed by atoms with Crippen LogP contribution < -0.4 is 0 Å². The lowest BCUT2D eigenvalue weighted by molar-refractivity contribution is -0.131. The lowest BCUT2D eigenvalue weighted by Crippen LogP contribution is -1.87. The summed E-state index contributed by atoms with van der Waals surface area (Å²) in [6.07, 6.45) is 14.3. The van der Waals surface area contributed by atoms with Crippen LogP contribution in [0.3, 0.4) is 0 Å². The van der Waals surface area contributed by atoms with Crippen LogP contribution in [0, 0.1) is 5.92 Å². The quantitative estimate of drug-likeness (QED) is 0.416. The fraction of sp³-hybridized carbons (Fsp3) is 0.800. The summed E-state index contributed by atoms with van der Waals surface area (Å²) in [4.78, 5) is 10.2. The summed E-state index contributed by atoms with van der Waals surface area (Å²) in [5, 5.41) is 8.39. The summed E-state index contributed by atoms with van der Waals surface area (Å²) in [7, 11) is 0. The normalized spacial score (nSPS) is 11.5. The summed E-state index contributed by atoms with van der Waals surface area (Å²) in [6.45, 7) is 4.56. The lowest BCUT2D eigenvalue weighted by atomic mass is 10.0. The molecule has 0 atom stereocenters. The van der Waals surface area contributed by atoms with E-state index in [1.54, 1.807) is 6.08 Å². The number of carboxylic acid groups (broad SMARTS) is 1. The van der Waals surface area contributed by atoms with Crippen molar-refractivity contribution in [2.24, 2.45) is 5.92 Å². The molecule has 0 heterocycles. The van der Waals surface area contributed by atoms with Crippen molar-refractivity contribution in [2.45, 2.75) is 71.6 Å².